The van der Waals surface area contributed by atoms with Crippen molar-refractivity contribution in [2.24, 2.45) is 0 Å². The Hall–Kier alpha value is -1.38. The number of aryl methyl sites for hydroxylation is 1. The molecule has 0 aromatic heterocycles. The molecule has 2 nitrogen and oxygen atoms in total. The summed E-state index contributed by atoms with van der Waals surface area (Å²) in [6, 6.07) is 4.69. The first-order valence-corrected chi connectivity index (χ1v) is 4.51. The van der Waals surface area contributed by atoms with Gasteiger partial charge < -0.3 is 4.74 Å². The van der Waals surface area contributed by atoms with Crippen molar-refractivity contribution in [2.45, 2.75) is 19.8 Å². The molecule has 1 aromatic rings. The third kappa shape index (κ3) is 2.55. The Bertz CT molecular complexity index is 334. The minimum atomic E-state index is -0.307. The Kier molecular flexibility index (Phi) is 3.63. The minimum Gasteiger partial charge on any atom is -0.469 e. The molecule has 0 N–H and O–H groups in total. The highest BCUT2D eigenvalue weighted by Crippen LogP contribution is 2.11. The van der Waals surface area contributed by atoms with Crippen LogP contribution in [0.5, 0.6) is 0 Å². The molecule has 0 radical (unpaired) electrons. The van der Waals surface area contributed by atoms with Gasteiger partial charge in [0.25, 0.3) is 0 Å². The van der Waals surface area contributed by atoms with Crippen LogP contribution in [-0.4, -0.2) is 13.1 Å². The smallest absolute Gasteiger partial charge is 0.309 e. The molecule has 0 bridgehead atoms. The van der Waals surface area contributed by atoms with E-state index in [9.17, 15) is 9.18 Å². The zero-order chi connectivity index (χ0) is 10.6. The number of methoxy groups -OCH3 is 1. The molecular formula is C11H13FO2. The molecule has 0 aliphatic rings. The average molecular weight is 196 g/mol. The van der Waals surface area contributed by atoms with Gasteiger partial charge in [-0.1, -0.05) is 19.1 Å². The Morgan fingerprint density at radius 2 is 2.21 bits per heavy atom. The molecule has 0 spiro atoms. The molecule has 0 atom stereocenters. The first-order valence-electron chi connectivity index (χ1n) is 4.51. The van der Waals surface area contributed by atoms with Crippen molar-refractivity contribution in [1.29, 1.82) is 0 Å². The molecule has 0 unspecified atom stereocenters. The maximum absolute atomic E-state index is 13.1. The van der Waals surface area contributed by atoms with Gasteiger partial charge in [-0.15, -0.1) is 0 Å². The van der Waals surface area contributed by atoms with Gasteiger partial charge in [0.2, 0.25) is 0 Å². The van der Waals surface area contributed by atoms with E-state index < -0.39 is 0 Å². The SMILES string of the molecule is CCc1cc(CC(=O)OC)ccc1F. The first-order chi connectivity index (χ1) is 6.67. The van der Waals surface area contributed by atoms with Crippen LogP contribution in [0.2, 0.25) is 0 Å². The third-order valence-electron chi connectivity index (χ3n) is 2.07. The van der Waals surface area contributed by atoms with Crippen LogP contribution in [0.4, 0.5) is 4.39 Å². The molecule has 76 valence electrons. The largest absolute Gasteiger partial charge is 0.469 e. The lowest BCUT2D eigenvalue weighted by Gasteiger charge is -2.03. The molecule has 3 heteroatoms. The second kappa shape index (κ2) is 4.74. The fourth-order valence-corrected chi connectivity index (χ4v) is 1.25. The standard InChI is InChI=1S/C11H13FO2/c1-3-9-6-8(4-5-10(9)12)7-11(13)14-2/h4-6H,3,7H2,1-2H3. The van der Waals surface area contributed by atoms with E-state index >= 15 is 0 Å². The van der Waals surface area contributed by atoms with Gasteiger partial charge >= 0.3 is 5.97 Å². The number of rotatable bonds is 3. The van der Waals surface area contributed by atoms with Gasteiger partial charge in [-0.05, 0) is 23.6 Å². The van der Waals surface area contributed by atoms with E-state index in [1.165, 1.54) is 13.2 Å². The fourth-order valence-electron chi connectivity index (χ4n) is 1.25. The summed E-state index contributed by atoms with van der Waals surface area (Å²) in [6.07, 6.45) is 0.824. The van der Waals surface area contributed by atoms with Crippen molar-refractivity contribution in [3.63, 3.8) is 0 Å². The van der Waals surface area contributed by atoms with E-state index in [1.54, 1.807) is 12.1 Å². The average Bonchev–Trinajstić information content (AvgIpc) is 2.20. The molecule has 0 aliphatic carbocycles. The van der Waals surface area contributed by atoms with E-state index in [1.807, 2.05) is 6.92 Å². The van der Waals surface area contributed by atoms with Gasteiger partial charge in [0.05, 0.1) is 13.5 Å². The number of ether oxygens (including phenoxy) is 1. The summed E-state index contributed by atoms with van der Waals surface area (Å²) in [5.41, 5.74) is 1.42. The molecule has 0 amide bonds. The van der Waals surface area contributed by atoms with Crippen LogP contribution in [0.3, 0.4) is 0 Å². The fraction of sp³-hybridized carbons (Fsp3) is 0.364. The lowest BCUT2D eigenvalue weighted by molar-refractivity contribution is -0.139. The number of benzene rings is 1. The number of carbonyl (C=O) groups excluding carboxylic acids is 1. The van der Waals surface area contributed by atoms with Crippen LogP contribution in [-0.2, 0) is 22.4 Å². The van der Waals surface area contributed by atoms with Crippen LogP contribution >= 0.6 is 0 Å². The van der Waals surface area contributed by atoms with Gasteiger partial charge in [-0.3, -0.25) is 4.79 Å². The number of esters is 1. The van der Waals surface area contributed by atoms with Crippen LogP contribution in [0.1, 0.15) is 18.1 Å². The summed E-state index contributed by atoms with van der Waals surface area (Å²) in [4.78, 5) is 10.9. The quantitative estimate of drug-likeness (QED) is 0.692. The maximum atomic E-state index is 13.1. The molecule has 0 saturated carbocycles. The predicted molar refractivity (Wildman–Crippen MR) is 51.5 cm³/mol. The highest BCUT2D eigenvalue weighted by Gasteiger charge is 2.05. The van der Waals surface area contributed by atoms with E-state index in [0.717, 1.165) is 5.56 Å². The van der Waals surface area contributed by atoms with E-state index in [0.29, 0.717) is 12.0 Å². The minimum absolute atomic E-state index is 0.198. The highest BCUT2D eigenvalue weighted by atomic mass is 19.1. The van der Waals surface area contributed by atoms with Gasteiger partial charge in [0.15, 0.2) is 0 Å². The molecule has 0 saturated heterocycles. The van der Waals surface area contributed by atoms with E-state index in [2.05, 4.69) is 4.74 Å². The van der Waals surface area contributed by atoms with Crippen molar-refractivity contribution in [3.05, 3.63) is 35.1 Å². The summed E-state index contributed by atoms with van der Waals surface area (Å²) in [6.45, 7) is 1.88. The Morgan fingerprint density at radius 3 is 2.79 bits per heavy atom. The van der Waals surface area contributed by atoms with Crippen molar-refractivity contribution in [3.8, 4) is 0 Å². The van der Waals surface area contributed by atoms with Gasteiger partial charge in [-0.2, -0.15) is 0 Å². The number of hydrogen-bond acceptors (Lipinski definition) is 2. The maximum Gasteiger partial charge on any atom is 0.309 e. The van der Waals surface area contributed by atoms with Gasteiger partial charge in [-0.25, -0.2) is 4.39 Å². The van der Waals surface area contributed by atoms with Crippen molar-refractivity contribution in [1.82, 2.24) is 0 Å². The molecule has 1 rings (SSSR count). The van der Waals surface area contributed by atoms with E-state index in [4.69, 9.17) is 0 Å². The van der Waals surface area contributed by atoms with Gasteiger partial charge in [0, 0.05) is 0 Å². The number of carbonyl (C=O) groups is 1. The van der Waals surface area contributed by atoms with Crippen molar-refractivity contribution >= 4 is 5.97 Å². The molecule has 14 heavy (non-hydrogen) atoms. The summed E-state index contributed by atoms with van der Waals surface area (Å²) in [5, 5.41) is 0. The van der Waals surface area contributed by atoms with Crippen LogP contribution in [0.25, 0.3) is 0 Å². The number of hydrogen-bond donors (Lipinski definition) is 0. The van der Waals surface area contributed by atoms with Crippen molar-refractivity contribution < 1.29 is 13.9 Å². The first kappa shape index (κ1) is 10.7. The lowest BCUT2D eigenvalue weighted by atomic mass is 10.1. The Morgan fingerprint density at radius 1 is 1.50 bits per heavy atom. The normalized spacial score (nSPS) is 9.93. The second-order valence-corrected chi connectivity index (χ2v) is 3.03. The summed E-state index contributed by atoms with van der Waals surface area (Å²) < 4.78 is 17.6. The number of halogens is 1. The summed E-state index contributed by atoms with van der Waals surface area (Å²) in [5.74, 6) is -0.528. The summed E-state index contributed by atoms with van der Waals surface area (Å²) in [7, 11) is 1.34. The molecule has 1 aromatic carbocycles. The molecule has 0 heterocycles. The van der Waals surface area contributed by atoms with Gasteiger partial charge in [0.1, 0.15) is 5.82 Å². The van der Waals surface area contributed by atoms with Crippen LogP contribution in [0, 0.1) is 5.82 Å². The highest BCUT2D eigenvalue weighted by molar-refractivity contribution is 5.72. The van der Waals surface area contributed by atoms with E-state index in [-0.39, 0.29) is 18.2 Å². The Balaban J connectivity index is 2.84. The lowest BCUT2D eigenvalue weighted by Crippen LogP contribution is -2.05. The predicted octanol–water partition coefficient (Wildman–Crippen LogP) is 2.10. The monoisotopic (exact) mass is 196 g/mol. The zero-order valence-corrected chi connectivity index (χ0v) is 8.34. The third-order valence-corrected chi connectivity index (χ3v) is 2.07. The molecule has 0 fully saturated rings. The second-order valence-electron chi connectivity index (χ2n) is 3.03. The van der Waals surface area contributed by atoms with Crippen LogP contribution in [0.15, 0.2) is 18.2 Å². The molecule has 0 aliphatic heterocycles. The summed E-state index contributed by atoms with van der Waals surface area (Å²) >= 11 is 0. The van der Waals surface area contributed by atoms with Crippen LogP contribution < -0.4 is 0 Å². The topological polar surface area (TPSA) is 26.3 Å². The van der Waals surface area contributed by atoms with Crippen molar-refractivity contribution in [2.75, 3.05) is 7.11 Å². The Labute approximate surface area is 82.7 Å². The molecular weight excluding hydrogens is 183 g/mol. The zero-order valence-electron chi connectivity index (χ0n) is 8.34.